The minimum atomic E-state index is -0.289. The predicted octanol–water partition coefficient (Wildman–Crippen LogP) is 4.07. The first-order valence-electron chi connectivity index (χ1n) is 6.97. The first kappa shape index (κ1) is 16.8. The van der Waals surface area contributed by atoms with Crippen molar-refractivity contribution >= 4 is 29.3 Å². The summed E-state index contributed by atoms with van der Waals surface area (Å²) < 4.78 is 12.8. The molecule has 0 aliphatic carbocycles. The molecule has 0 spiro atoms. The lowest BCUT2D eigenvalue weighted by Crippen LogP contribution is -2.27. The zero-order chi connectivity index (χ0) is 15.8. The van der Waals surface area contributed by atoms with Gasteiger partial charge in [0.05, 0.1) is 6.42 Å². The van der Waals surface area contributed by atoms with Gasteiger partial charge in [-0.25, -0.2) is 4.39 Å². The summed E-state index contributed by atoms with van der Waals surface area (Å²) in [5.74, 6) is 1.41. The largest absolute Gasteiger partial charge is 0.355 e. The number of carbonyl (C=O) groups excluding carboxylic acids is 1. The second-order valence-electron chi connectivity index (χ2n) is 4.83. The van der Waals surface area contributed by atoms with Crippen molar-refractivity contribution in [2.24, 2.45) is 0 Å². The van der Waals surface area contributed by atoms with E-state index in [9.17, 15) is 9.18 Å². The average Bonchev–Trinajstić information content (AvgIpc) is 2.51. The van der Waals surface area contributed by atoms with Gasteiger partial charge in [-0.3, -0.25) is 4.79 Å². The quantitative estimate of drug-likeness (QED) is 0.772. The third kappa shape index (κ3) is 6.08. The van der Waals surface area contributed by atoms with E-state index in [-0.39, 0.29) is 18.1 Å². The third-order valence-electron chi connectivity index (χ3n) is 3.03. The molecule has 5 heteroatoms. The molecule has 0 saturated heterocycles. The molecular weight excluding hydrogens is 321 g/mol. The second-order valence-corrected chi connectivity index (χ2v) is 6.37. The number of hydrogen-bond acceptors (Lipinski definition) is 2. The Kier molecular flexibility index (Phi) is 6.74. The van der Waals surface area contributed by atoms with Gasteiger partial charge in [0.2, 0.25) is 5.91 Å². The van der Waals surface area contributed by atoms with Crippen molar-refractivity contribution in [1.82, 2.24) is 5.32 Å². The molecule has 0 unspecified atom stereocenters. The Bertz CT molecular complexity index is 601. The first-order valence-corrected chi connectivity index (χ1v) is 8.50. The molecule has 0 saturated carbocycles. The molecule has 0 heterocycles. The van der Waals surface area contributed by atoms with Gasteiger partial charge in [-0.2, -0.15) is 11.8 Å². The van der Waals surface area contributed by atoms with E-state index < -0.39 is 0 Å². The van der Waals surface area contributed by atoms with Crippen molar-refractivity contribution in [3.05, 3.63) is 70.5 Å². The van der Waals surface area contributed by atoms with Crippen LogP contribution in [0, 0.1) is 5.82 Å². The van der Waals surface area contributed by atoms with Gasteiger partial charge in [0.15, 0.2) is 0 Å². The molecule has 2 aromatic rings. The Labute approximate surface area is 139 Å². The van der Waals surface area contributed by atoms with E-state index in [1.807, 2.05) is 24.3 Å². The van der Waals surface area contributed by atoms with Crippen LogP contribution in [0.2, 0.25) is 5.02 Å². The van der Waals surface area contributed by atoms with Gasteiger partial charge < -0.3 is 5.32 Å². The second kappa shape index (κ2) is 8.81. The number of thioether (sulfide) groups is 1. The number of hydrogen-bond donors (Lipinski definition) is 1. The molecule has 2 nitrogen and oxygen atoms in total. The number of benzene rings is 2. The Balaban J connectivity index is 1.61. The van der Waals surface area contributed by atoms with Gasteiger partial charge in [-0.15, -0.1) is 0 Å². The van der Waals surface area contributed by atoms with Crippen LogP contribution < -0.4 is 5.32 Å². The summed E-state index contributed by atoms with van der Waals surface area (Å²) in [6.07, 6.45) is 0.280. The highest BCUT2D eigenvalue weighted by molar-refractivity contribution is 7.98. The van der Waals surface area contributed by atoms with Crippen molar-refractivity contribution < 1.29 is 9.18 Å². The van der Waals surface area contributed by atoms with Crippen molar-refractivity contribution in [3.63, 3.8) is 0 Å². The molecule has 1 N–H and O–H groups in total. The van der Waals surface area contributed by atoms with Gasteiger partial charge in [-0.05, 0) is 35.4 Å². The molecule has 2 rings (SSSR count). The number of nitrogens with one attached hydrogen (secondary N) is 1. The fourth-order valence-electron chi connectivity index (χ4n) is 1.88. The van der Waals surface area contributed by atoms with E-state index in [4.69, 9.17) is 11.6 Å². The average molecular weight is 338 g/mol. The van der Waals surface area contributed by atoms with Crippen LogP contribution in [0.15, 0.2) is 48.5 Å². The topological polar surface area (TPSA) is 29.1 Å². The molecule has 0 aliphatic rings. The summed E-state index contributed by atoms with van der Waals surface area (Å²) in [5.41, 5.74) is 2.03. The lowest BCUT2D eigenvalue weighted by atomic mass is 10.1. The molecular formula is C17H17ClFNOS. The predicted molar refractivity (Wildman–Crippen MR) is 90.7 cm³/mol. The minimum Gasteiger partial charge on any atom is -0.355 e. The summed E-state index contributed by atoms with van der Waals surface area (Å²) in [5, 5.41) is 3.60. The Morgan fingerprint density at radius 3 is 2.36 bits per heavy atom. The first-order chi connectivity index (χ1) is 10.6. The number of carbonyl (C=O) groups is 1. The van der Waals surface area contributed by atoms with Gasteiger partial charge in [-0.1, -0.05) is 35.9 Å². The van der Waals surface area contributed by atoms with Gasteiger partial charge in [0, 0.05) is 23.1 Å². The summed E-state index contributed by atoms with van der Waals surface area (Å²) >= 11 is 7.59. The normalized spacial score (nSPS) is 10.5. The standard InChI is InChI=1S/C17H17ClFNOS/c18-15-5-1-14(2-6-15)12-22-10-9-20-17(21)11-13-3-7-16(19)8-4-13/h1-8H,9-12H2,(H,20,21). The smallest absolute Gasteiger partial charge is 0.224 e. The summed E-state index contributed by atoms with van der Waals surface area (Å²) in [4.78, 5) is 11.7. The van der Waals surface area contributed by atoms with Crippen molar-refractivity contribution in [1.29, 1.82) is 0 Å². The highest BCUT2D eigenvalue weighted by atomic mass is 35.5. The third-order valence-corrected chi connectivity index (χ3v) is 4.31. The van der Waals surface area contributed by atoms with Crippen molar-refractivity contribution in [3.8, 4) is 0 Å². The zero-order valence-corrected chi connectivity index (χ0v) is 13.6. The van der Waals surface area contributed by atoms with E-state index in [1.165, 1.54) is 17.7 Å². The fraction of sp³-hybridized carbons (Fsp3) is 0.235. The Morgan fingerprint density at radius 1 is 1.05 bits per heavy atom. The molecule has 0 radical (unpaired) electrons. The summed E-state index contributed by atoms with van der Waals surface area (Å²) in [7, 11) is 0. The summed E-state index contributed by atoms with van der Waals surface area (Å²) in [6, 6.07) is 13.7. The molecule has 1 amide bonds. The maximum Gasteiger partial charge on any atom is 0.224 e. The number of amides is 1. The van der Waals surface area contributed by atoms with E-state index in [0.29, 0.717) is 6.54 Å². The zero-order valence-electron chi connectivity index (χ0n) is 12.0. The monoisotopic (exact) mass is 337 g/mol. The fourth-order valence-corrected chi connectivity index (χ4v) is 2.83. The minimum absolute atomic E-state index is 0.0429. The van der Waals surface area contributed by atoms with Gasteiger partial charge in [0.1, 0.15) is 5.82 Å². The summed E-state index contributed by atoms with van der Waals surface area (Å²) in [6.45, 7) is 0.623. The molecule has 0 fully saturated rings. The highest BCUT2D eigenvalue weighted by Crippen LogP contribution is 2.15. The molecule has 0 aromatic heterocycles. The maximum absolute atomic E-state index is 12.8. The molecule has 0 atom stereocenters. The van der Waals surface area contributed by atoms with Crippen LogP contribution in [-0.2, 0) is 17.0 Å². The maximum atomic E-state index is 12.8. The highest BCUT2D eigenvalue weighted by Gasteiger charge is 2.03. The van der Waals surface area contributed by atoms with E-state index in [2.05, 4.69) is 5.32 Å². The van der Waals surface area contributed by atoms with E-state index in [1.54, 1.807) is 23.9 Å². The molecule has 116 valence electrons. The Morgan fingerprint density at radius 2 is 1.68 bits per heavy atom. The Hall–Kier alpha value is -1.52. The molecule has 2 aromatic carbocycles. The number of rotatable bonds is 7. The molecule has 0 aliphatic heterocycles. The van der Waals surface area contributed by atoms with Crippen molar-refractivity contribution in [2.45, 2.75) is 12.2 Å². The van der Waals surface area contributed by atoms with E-state index >= 15 is 0 Å². The van der Waals surface area contributed by atoms with E-state index in [0.717, 1.165) is 22.1 Å². The van der Waals surface area contributed by atoms with Crippen LogP contribution >= 0.6 is 23.4 Å². The molecule has 22 heavy (non-hydrogen) atoms. The number of halogens is 2. The van der Waals surface area contributed by atoms with Gasteiger partial charge >= 0.3 is 0 Å². The SMILES string of the molecule is O=C(Cc1ccc(F)cc1)NCCSCc1ccc(Cl)cc1. The van der Waals surface area contributed by atoms with Gasteiger partial charge in [0.25, 0.3) is 0 Å². The van der Waals surface area contributed by atoms with Crippen LogP contribution in [-0.4, -0.2) is 18.2 Å². The lowest BCUT2D eigenvalue weighted by Gasteiger charge is -2.06. The van der Waals surface area contributed by atoms with Crippen LogP contribution in [0.4, 0.5) is 4.39 Å². The van der Waals surface area contributed by atoms with Crippen LogP contribution in [0.3, 0.4) is 0 Å². The van der Waals surface area contributed by atoms with Crippen LogP contribution in [0.1, 0.15) is 11.1 Å². The van der Waals surface area contributed by atoms with Crippen LogP contribution in [0.5, 0.6) is 0 Å². The van der Waals surface area contributed by atoms with Crippen LogP contribution in [0.25, 0.3) is 0 Å². The molecule has 0 bridgehead atoms. The lowest BCUT2D eigenvalue weighted by molar-refractivity contribution is -0.120. The van der Waals surface area contributed by atoms with Crippen molar-refractivity contribution in [2.75, 3.05) is 12.3 Å².